The van der Waals surface area contributed by atoms with Crippen LogP contribution in [-0.2, 0) is 16.4 Å². The second kappa shape index (κ2) is 5.00. The zero-order valence-corrected chi connectivity index (χ0v) is 11.7. The molecule has 0 saturated carbocycles. The lowest BCUT2D eigenvalue weighted by atomic mass is 10.2. The summed E-state index contributed by atoms with van der Waals surface area (Å²) < 4.78 is 52.9. The topological polar surface area (TPSA) is 58.2 Å². The maximum absolute atomic E-state index is 13.1. The second-order valence-electron chi connectivity index (χ2n) is 4.76. The summed E-state index contributed by atoms with van der Waals surface area (Å²) in [5.41, 5.74) is 1.66. The van der Waals surface area contributed by atoms with E-state index in [1.54, 1.807) is 6.07 Å². The van der Waals surface area contributed by atoms with E-state index in [0.717, 1.165) is 36.3 Å². The molecule has 0 amide bonds. The number of nitrogens with one attached hydrogen (secondary N) is 2. The number of fused-ring (bicyclic) bond motifs is 1. The molecule has 2 aromatic carbocycles. The maximum Gasteiger partial charge on any atom is 0.261 e. The third kappa shape index (κ3) is 2.82. The summed E-state index contributed by atoms with van der Waals surface area (Å²) >= 11 is 0. The number of sulfonamides is 1. The van der Waals surface area contributed by atoms with Crippen molar-refractivity contribution in [3.63, 3.8) is 0 Å². The van der Waals surface area contributed by atoms with Gasteiger partial charge in [-0.3, -0.25) is 4.72 Å². The van der Waals surface area contributed by atoms with E-state index in [0.29, 0.717) is 6.07 Å². The van der Waals surface area contributed by atoms with Gasteiger partial charge in [-0.25, -0.2) is 17.2 Å². The quantitative estimate of drug-likeness (QED) is 0.916. The molecule has 0 unspecified atom stereocenters. The minimum atomic E-state index is -3.89. The van der Waals surface area contributed by atoms with E-state index in [2.05, 4.69) is 10.0 Å². The molecule has 2 aromatic rings. The van der Waals surface area contributed by atoms with Crippen molar-refractivity contribution in [3.8, 4) is 0 Å². The van der Waals surface area contributed by atoms with E-state index in [1.807, 2.05) is 0 Å². The van der Waals surface area contributed by atoms with Gasteiger partial charge in [-0.05, 0) is 36.2 Å². The molecule has 21 heavy (non-hydrogen) atoms. The van der Waals surface area contributed by atoms with Gasteiger partial charge < -0.3 is 5.32 Å². The van der Waals surface area contributed by atoms with Crippen molar-refractivity contribution >= 4 is 21.4 Å². The lowest BCUT2D eigenvalue weighted by Crippen LogP contribution is -2.13. The third-order valence-electron chi connectivity index (χ3n) is 3.22. The summed E-state index contributed by atoms with van der Waals surface area (Å²) in [6.07, 6.45) is 0.845. The van der Waals surface area contributed by atoms with Gasteiger partial charge in [-0.1, -0.05) is 6.07 Å². The van der Waals surface area contributed by atoms with Crippen LogP contribution in [0.25, 0.3) is 0 Å². The molecule has 4 nitrogen and oxygen atoms in total. The van der Waals surface area contributed by atoms with Crippen LogP contribution in [0.5, 0.6) is 0 Å². The van der Waals surface area contributed by atoms with Crippen LogP contribution in [0.1, 0.15) is 5.56 Å². The van der Waals surface area contributed by atoms with Crippen molar-refractivity contribution in [1.82, 2.24) is 0 Å². The Morgan fingerprint density at radius 3 is 2.48 bits per heavy atom. The zero-order chi connectivity index (χ0) is 15.0. The van der Waals surface area contributed by atoms with Gasteiger partial charge in [0.15, 0.2) is 0 Å². The van der Waals surface area contributed by atoms with Crippen molar-refractivity contribution in [2.75, 3.05) is 16.6 Å². The van der Waals surface area contributed by atoms with Crippen molar-refractivity contribution in [1.29, 1.82) is 0 Å². The van der Waals surface area contributed by atoms with Gasteiger partial charge in [0, 0.05) is 18.3 Å². The van der Waals surface area contributed by atoms with Crippen molar-refractivity contribution in [2.24, 2.45) is 0 Å². The minimum Gasteiger partial charge on any atom is -0.384 e. The Hall–Kier alpha value is -2.15. The fourth-order valence-electron chi connectivity index (χ4n) is 2.26. The summed E-state index contributed by atoms with van der Waals surface area (Å²) in [4.78, 5) is 0.0420. The van der Waals surface area contributed by atoms with Crippen LogP contribution in [0.2, 0.25) is 0 Å². The first kappa shape index (κ1) is 13.8. The van der Waals surface area contributed by atoms with E-state index >= 15 is 0 Å². The molecule has 1 heterocycles. The van der Waals surface area contributed by atoms with Crippen LogP contribution in [0.4, 0.5) is 20.2 Å². The number of benzene rings is 2. The molecule has 110 valence electrons. The van der Waals surface area contributed by atoms with E-state index in [-0.39, 0.29) is 10.6 Å². The summed E-state index contributed by atoms with van der Waals surface area (Å²) in [6.45, 7) is 0.765. The van der Waals surface area contributed by atoms with Gasteiger partial charge in [-0.15, -0.1) is 0 Å². The molecular weight excluding hydrogens is 298 g/mol. The highest BCUT2D eigenvalue weighted by Gasteiger charge is 2.18. The highest BCUT2D eigenvalue weighted by atomic mass is 32.2. The minimum absolute atomic E-state index is 0.0420. The monoisotopic (exact) mass is 310 g/mol. The van der Waals surface area contributed by atoms with Crippen LogP contribution >= 0.6 is 0 Å². The molecule has 0 aromatic heterocycles. The Kier molecular flexibility index (Phi) is 3.29. The molecular formula is C14H12F2N2O2S. The largest absolute Gasteiger partial charge is 0.384 e. The average Bonchev–Trinajstić information content (AvgIpc) is 2.83. The van der Waals surface area contributed by atoms with Gasteiger partial charge in [-0.2, -0.15) is 0 Å². The average molecular weight is 310 g/mol. The first-order valence-corrected chi connectivity index (χ1v) is 7.78. The first-order valence-electron chi connectivity index (χ1n) is 6.30. The Bertz CT molecular complexity index is 786. The smallest absolute Gasteiger partial charge is 0.261 e. The Labute approximate surface area is 120 Å². The zero-order valence-electron chi connectivity index (χ0n) is 10.9. The summed E-state index contributed by atoms with van der Waals surface area (Å²) in [5.74, 6) is -1.69. The maximum atomic E-state index is 13.1. The lowest BCUT2D eigenvalue weighted by Gasteiger charge is -2.10. The highest BCUT2D eigenvalue weighted by Crippen LogP contribution is 2.26. The molecule has 2 N–H and O–H groups in total. The summed E-state index contributed by atoms with van der Waals surface area (Å²) in [7, 11) is -3.89. The predicted molar refractivity (Wildman–Crippen MR) is 75.8 cm³/mol. The molecule has 0 radical (unpaired) electrons. The molecule has 0 saturated heterocycles. The summed E-state index contributed by atoms with van der Waals surface area (Å²) in [5, 5.41) is 3.08. The summed E-state index contributed by atoms with van der Waals surface area (Å²) in [6, 6.07) is 7.25. The first-order chi connectivity index (χ1) is 9.94. The second-order valence-corrected chi connectivity index (χ2v) is 6.44. The van der Waals surface area contributed by atoms with Crippen molar-refractivity contribution < 1.29 is 17.2 Å². The lowest BCUT2D eigenvalue weighted by molar-refractivity contribution is 0.584. The fourth-order valence-corrected chi connectivity index (χ4v) is 3.33. The number of hydrogen-bond acceptors (Lipinski definition) is 3. The fraction of sp³-hybridized carbons (Fsp3) is 0.143. The SMILES string of the molecule is O=S(=O)(Nc1cc(F)cc(F)c1)c1ccc2c(c1)NCC2. The molecule has 0 aliphatic carbocycles. The molecule has 0 atom stereocenters. The number of rotatable bonds is 3. The van der Waals surface area contributed by atoms with Crippen molar-refractivity contribution in [3.05, 3.63) is 53.6 Å². The Balaban J connectivity index is 1.93. The molecule has 0 bridgehead atoms. The van der Waals surface area contributed by atoms with Crippen molar-refractivity contribution in [2.45, 2.75) is 11.3 Å². The Morgan fingerprint density at radius 1 is 1.05 bits per heavy atom. The normalized spacial score (nSPS) is 13.6. The Morgan fingerprint density at radius 2 is 1.76 bits per heavy atom. The van der Waals surface area contributed by atoms with E-state index in [9.17, 15) is 17.2 Å². The number of anilines is 2. The number of halogens is 2. The molecule has 7 heteroatoms. The molecule has 3 rings (SSSR count). The van der Waals surface area contributed by atoms with E-state index < -0.39 is 21.7 Å². The highest BCUT2D eigenvalue weighted by molar-refractivity contribution is 7.92. The van der Waals surface area contributed by atoms with Crippen LogP contribution in [0, 0.1) is 11.6 Å². The van der Waals surface area contributed by atoms with Gasteiger partial charge >= 0.3 is 0 Å². The van der Waals surface area contributed by atoms with Crippen LogP contribution in [0.3, 0.4) is 0 Å². The molecule has 0 spiro atoms. The van der Waals surface area contributed by atoms with E-state index in [4.69, 9.17) is 0 Å². The molecule has 0 fully saturated rings. The third-order valence-corrected chi connectivity index (χ3v) is 4.60. The molecule has 1 aliphatic rings. The molecule has 1 aliphatic heterocycles. The van der Waals surface area contributed by atoms with Gasteiger partial charge in [0.05, 0.1) is 10.6 Å². The van der Waals surface area contributed by atoms with Crippen LogP contribution in [0.15, 0.2) is 41.3 Å². The number of hydrogen-bond donors (Lipinski definition) is 2. The van der Waals surface area contributed by atoms with E-state index in [1.165, 1.54) is 12.1 Å². The standard InChI is InChI=1S/C14H12F2N2O2S/c15-10-5-11(16)7-12(6-10)18-21(19,20)13-2-1-9-3-4-17-14(9)8-13/h1-2,5-8,17-18H,3-4H2. The van der Waals surface area contributed by atoms with Crippen LogP contribution in [-0.4, -0.2) is 15.0 Å². The van der Waals surface area contributed by atoms with Gasteiger partial charge in [0.25, 0.3) is 10.0 Å². The van der Waals surface area contributed by atoms with Gasteiger partial charge in [0.2, 0.25) is 0 Å². The predicted octanol–water partition coefficient (Wildman–Crippen LogP) is 2.73. The van der Waals surface area contributed by atoms with Gasteiger partial charge in [0.1, 0.15) is 11.6 Å². The van der Waals surface area contributed by atoms with Crippen LogP contribution < -0.4 is 10.0 Å².